The molecular weight excluding hydrogens is 398 g/mol. The first kappa shape index (κ1) is 21.8. The van der Waals surface area contributed by atoms with E-state index in [1.54, 1.807) is 40.6 Å². The number of nitrogens with zero attached hydrogens (tertiary/aromatic N) is 1. The van der Waals surface area contributed by atoms with E-state index >= 15 is 0 Å². The highest BCUT2D eigenvalue weighted by Crippen LogP contribution is 2.42. The third kappa shape index (κ3) is 4.19. The number of nitriles is 1. The van der Waals surface area contributed by atoms with Gasteiger partial charge in [0.2, 0.25) is 0 Å². The first-order valence-electron chi connectivity index (χ1n) is 9.44. The summed E-state index contributed by atoms with van der Waals surface area (Å²) >= 11 is 0. The first-order valence-corrected chi connectivity index (χ1v) is 9.44. The molecule has 0 unspecified atom stereocenters. The number of ether oxygens (including phenoxy) is 5. The van der Waals surface area contributed by atoms with Crippen LogP contribution in [0.25, 0.3) is 21.9 Å². The smallest absolute Gasteiger partial charge is 0.302 e. The number of hydrogen-bond donors (Lipinski definition) is 0. The van der Waals surface area contributed by atoms with Crippen LogP contribution in [-0.2, 0) is 16.1 Å². The second kappa shape index (κ2) is 9.26. The molecule has 0 bridgehead atoms. The maximum Gasteiger partial charge on any atom is 0.302 e. The molecule has 3 rings (SSSR count). The third-order valence-corrected chi connectivity index (χ3v) is 4.96. The Morgan fingerprint density at radius 1 is 0.871 bits per heavy atom. The third-order valence-electron chi connectivity index (χ3n) is 4.96. The SMILES string of the molecule is COc1ccc(-c2c(COC(C)=O)c(C#N)cc3cc(OC)c(OC)cc23)cc1OC. The van der Waals surface area contributed by atoms with Crippen LogP contribution in [0.3, 0.4) is 0 Å². The fourth-order valence-corrected chi connectivity index (χ4v) is 3.52. The zero-order valence-corrected chi connectivity index (χ0v) is 18.1. The predicted molar refractivity (Wildman–Crippen MR) is 116 cm³/mol. The summed E-state index contributed by atoms with van der Waals surface area (Å²) in [6, 6.07) is 13.1. The van der Waals surface area contributed by atoms with Gasteiger partial charge in [0.15, 0.2) is 23.0 Å². The molecule has 0 aromatic heterocycles. The van der Waals surface area contributed by atoms with Gasteiger partial charge in [-0.25, -0.2) is 0 Å². The predicted octanol–water partition coefficient (Wildman–Crippen LogP) is 4.48. The molecule has 0 aliphatic heterocycles. The van der Waals surface area contributed by atoms with E-state index < -0.39 is 5.97 Å². The van der Waals surface area contributed by atoms with Gasteiger partial charge in [-0.3, -0.25) is 4.79 Å². The van der Waals surface area contributed by atoms with Crippen molar-refractivity contribution in [1.82, 2.24) is 0 Å². The molecule has 0 N–H and O–H groups in total. The molecule has 0 spiro atoms. The zero-order chi connectivity index (χ0) is 22.5. The standard InChI is InChI=1S/C24H23NO6/c1-14(26)31-13-19-17(12-25)8-16-10-22(29-4)23(30-5)11-18(16)24(19)15-6-7-20(27-2)21(9-15)28-3/h6-11H,13H2,1-5H3. The highest BCUT2D eigenvalue weighted by Gasteiger charge is 2.20. The Labute approximate surface area is 180 Å². The van der Waals surface area contributed by atoms with Gasteiger partial charge in [0.05, 0.1) is 40.1 Å². The van der Waals surface area contributed by atoms with Crippen LogP contribution in [0.1, 0.15) is 18.1 Å². The van der Waals surface area contributed by atoms with E-state index in [2.05, 4.69) is 6.07 Å². The van der Waals surface area contributed by atoms with Gasteiger partial charge in [0.25, 0.3) is 0 Å². The van der Waals surface area contributed by atoms with Crippen molar-refractivity contribution in [3.05, 3.63) is 47.5 Å². The molecule has 0 aliphatic carbocycles. The van der Waals surface area contributed by atoms with Crippen molar-refractivity contribution in [2.75, 3.05) is 28.4 Å². The van der Waals surface area contributed by atoms with Crippen LogP contribution in [0.15, 0.2) is 36.4 Å². The molecule has 0 fully saturated rings. The largest absolute Gasteiger partial charge is 0.493 e. The van der Waals surface area contributed by atoms with E-state index in [0.717, 1.165) is 21.9 Å². The molecule has 0 aliphatic rings. The maximum atomic E-state index is 11.5. The number of benzene rings is 3. The van der Waals surface area contributed by atoms with Gasteiger partial charge in [-0.15, -0.1) is 0 Å². The minimum Gasteiger partial charge on any atom is -0.493 e. The average molecular weight is 421 g/mol. The van der Waals surface area contributed by atoms with Gasteiger partial charge in [-0.2, -0.15) is 5.26 Å². The Hall–Kier alpha value is -3.92. The van der Waals surface area contributed by atoms with Crippen molar-refractivity contribution in [3.8, 4) is 40.2 Å². The number of carbonyl (C=O) groups is 1. The number of esters is 1. The molecule has 0 atom stereocenters. The second-order valence-electron chi connectivity index (χ2n) is 6.67. The highest BCUT2D eigenvalue weighted by atomic mass is 16.5. The van der Waals surface area contributed by atoms with Crippen LogP contribution >= 0.6 is 0 Å². The number of rotatable bonds is 7. The number of hydrogen-bond acceptors (Lipinski definition) is 7. The van der Waals surface area contributed by atoms with Crippen LogP contribution in [0.5, 0.6) is 23.0 Å². The molecule has 0 heterocycles. The molecule has 7 nitrogen and oxygen atoms in total. The molecule has 0 saturated heterocycles. The lowest BCUT2D eigenvalue weighted by Gasteiger charge is -2.18. The van der Waals surface area contributed by atoms with E-state index in [0.29, 0.717) is 34.1 Å². The van der Waals surface area contributed by atoms with Gasteiger partial charge in [-0.1, -0.05) is 6.07 Å². The van der Waals surface area contributed by atoms with Crippen molar-refractivity contribution in [2.45, 2.75) is 13.5 Å². The number of carbonyl (C=O) groups excluding carboxylic acids is 1. The first-order chi connectivity index (χ1) is 15.0. The lowest BCUT2D eigenvalue weighted by molar-refractivity contribution is -0.142. The van der Waals surface area contributed by atoms with Gasteiger partial charge in [0.1, 0.15) is 6.61 Å². The van der Waals surface area contributed by atoms with Gasteiger partial charge < -0.3 is 23.7 Å². The fourth-order valence-electron chi connectivity index (χ4n) is 3.52. The Morgan fingerprint density at radius 3 is 2.06 bits per heavy atom. The molecule has 0 saturated carbocycles. The van der Waals surface area contributed by atoms with Crippen LogP contribution in [0.4, 0.5) is 0 Å². The van der Waals surface area contributed by atoms with E-state index in [-0.39, 0.29) is 6.61 Å². The lowest BCUT2D eigenvalue weighted by Crippen LogP contribution is -2.04. The molecule has 3 aromatic rings. The summed E-state index contributed by atoms with van der Waals surface area (Å²) in [7, 11) is 6.23. The fraction of sp³-hybridized carbons (Fsp3) is 0.250. The molecule has 3 aromatic carbocycles. The minimum absolute atomic E-state index is 0.0494. The summed E-state index contributed by atoms with van der Waals surface area (Å²) in [6.45, 7) is 1.28. The molecule has 7 heteroatoms. The zero-order valence-electron chi connectivity index (χ0n) is 18.1. The summed E-state index contributed by atoms with van der Waals surface area (Å²) in [5.74, 6) is 1.77. The highest BCUT2D eigenvalue weighted by molar-refractivity contribution is 6.01. The van der Waals surface area contributed by atoms with Gasteiger partial charge in [-0.05, 0) is 52.2 Å². The molecule has 0 amide bonds. The summed E-state index contributed by atoms with van der Waals surface area (Å²) in [6.07, 6.45) is 0. The molecular formula is C24H23NO6. The second-order valence-corrected chi connectivity index (χ2v) is 6.67. The van der Waals surface area contributed by atoms with Gasteiger partial charge >= 0.3 is 5.97 Å². The Bertz CT molecular complexity index is 1180. The topological polar surface area (TPSA) is 87.0 Å². The molecule has 31 heavy (non-hydrogen) atoms. The normalized spacial score (nSPS) is 10.3. The molecule has 160 valence electrons. The monoisotopic (exact) mass is 421 g/mol. The van der Waals surface area contributed by atoms with Crippen molar-refractivity contribution < 1.29 is 28.5 Å². The van der Waals surface area contributed by atoms with Crippen molar-refractivity contribution in [3.63, 3.8) is 0 Å². The maximum absolute atomic E-state index is 11.5. The summed E-state index contributed by atoms with van der Waals surface area (Å²) in [5.41, 5.74) is 2.49. The van der Waals surface area contributed by atoms with Crippen molar-refractivity contribution in [2.24, 2.45) is 0 Å². The van der Waals surface area contributed by atoms with Crippen LogP contribution in [0.2, 0.25) is 0 Å². The summed E-state index contributed by atoms with van der Waals surface area (Å²) in [4.78, 5) is 11.5. The summed E-state index contributed by atoms with van der Waals surface area (Å²) < 4.78 is 27.0. The van der Waals surface area contributed by atoms with E-state index in [9.17, 15) is 10.1 Å². The minimum atomic E-state index is -0.436. The lowest BCUT2D eigenvalue weighted by atomic mass is 9.89. The molecule has 0 radical (unpaired) electrons. The number of fused-ring (bicyclic) bond motifs is 1. The van der Waals surface area contributed by atoms with Crippen molar-refractivity contribution >= 4 is 16.7 Å². The Balaban J connectivity index is 2.42. The summed E-state index contributed by atoms with van der Waals surface area (Å²) in [5, 5.41) is 11.4. The van der Waals surface area contributed by atoms with Crippen molar-refractivity contribution in [1.29, 1.82) is 5.26 Å². The number of methoxy groups -OCH3 is 4. The average Bonchev–Trinajstić information content (AvgIpc) is 2.80. The van der Waals surface area contributed by atoms with E-state index in [4.69, 9.17) is 23.7 Å². The van der Waals surface area contributed by atoms with E-state index in [1.807, 2.05) is 24.3 Å². The quantitative estimate of drug-likeness (QED) is 0.520. The Kier molecular flexibility index (Phi) is 6.51. The van der Waals surface area contributed by atoms with Crippen LogP contribution in [0, 0.1) is 11.3 Å². The van der Waals surface area contributed by atoms with Crippen LogP contribution in [-0.4, -0.2) is 34.4 Å². The van der Waals surface area contributed by atoms with Crippen LogP contribution < -0.4 is 18.9 Å². The van der Waals surface area contributed by atoms with E-state index in [1.165, 1.54) is 6.92 Å². The Morgan fingerprint density at radius 2 is 1.48 bits per heavy atom. The van der Waals surface area contributed by atoms with Gasteiger partial charge in [0, 0.05) is 12.5 Å².